The zero-order valence-corrected chi connectivity index (χ0v) is 18.0. The second-order valence-corrected chi connectivity index (χ2v) is 7.36. The minimum absolute atomic E-state index is 0.252. The fraction of sp³-hybridized carbons (Fsp3) is 0.115. The molecule has 0 radical (unpaired) electrons. The number of carbonyl (C=O) groups is 2. The summed E-state index contributed by atoms with van der Waals surface area (Å²) < 4.78 is 16.4. The lowest BCUT2D eigenvalue weighted by Crippen LogP contribution is -2.26. The number of hydrogen-bond donors (Lipinski definition) is 1. The number of nitrogens with one attached hydrogen (secondary N) is 1. The lowest BCUT2D eigenvalue weighted by molar-refractivity contribution is -0.125. The highest BCUT2D eigenvalue weighted by Crippen LogP contribution is 2.28. The van der Waals surface area contributed by atoms with Crippen molar-refractivity contribution in [2.45, 2.75) is 13.0 Å². The zero-order chi connectivity index (χ0) is 23.4. The topological polar surface area (TPSA) is 94.8 Å². The van der Waals surface area contributed by atoms with Crippen molar-refractivity contribution in [2.75, 3.05) is 12.4 Å². The smallest absolute Gasteiger partial charge is 0.375 e. The summed E-state index contributed by atoms with van der Waals surface area (Å²) in [4.78, 5) is 38.5. The molecule has 1 aromatic heterocycles. The number of esters is 1. The van der Waals surface area contributed by atoms with Crippen molar-refractivity contribution in [3.63, 3.8) is 0 Å². The van der Waals surface area contributed by atoms with E-state index in [0.717, 1.165) is 11.6 Å². The number of fused-ring (bicyclic) bond motifs is 1. The van der Waals surface area contributed by atoms with Crippen molar-refractivity contribution < 1.29 is 23.5 Å². The second-order valence-electron chi connectivity index (χ2n) is 7.36. The summed E-state index contributed by atoms with van der Waals surface area (Å²) in [6, 6.07) is 21.6. The first-order valence-electron chi connectivity index (χ1n) is 10.2. The maximum Gasteiger partial charge on any atom is 0.375 e. The maximum atomic E-state index is 13.2. The van der Waals surface area contributed by atoms with Gasteiger partial charge in [0, 0.05) is 11.6 Å². The molecule has 1 atom stereocenters. The van der Waals surface area contributed by atoms with Crippen LogP contribution in [0.25, 0.3) is 11.0 Å². The van der Waals surface area contributed by atoms with E-state index < -0.39 is 18.0 Å². The first-order valence-corrected chi connectivity index (χ1v) is 10.2. The Kier molecular flexibility index (Phi) is 6.22. The minimum Gasteiger partial charge on any atom is -0.495 e. The summed E-state index contributed by atoms with van der Waals surface area (Å²) in [5.41, 5.74) is 1.68. The number of para-hydroxylation sites is 1. The average Bonchev–Trinajstić information content (AvgIpc) is 2.83. The number of benzene rings is 3. The fourth-order valence-electron chi connectivity index (χ4n) is 3.39. The van der Waals surface area contributed by atoms with Crippen LogP contribution in [-0.4, -0.2) is 19.0 Å². The maximum absolute atomic E-state index is 13.2. The molecule has 166 valence electrons. The van der Waals surface area contributed by atoms with Gasteiger partial charge in [-0.3, -0.25) is 9.59 Å². The average molecular weight is 443 g/mol. The molecule has 4 aromatic rings. The van der Waals surface area contributed by atoms with Crippen LogP contribution in [0.4, 0.5) is 5.69 Å². The van der Waals surface area contributed by atoms with E-state index in [2.05, 4.69) is 5.32 Å². The third kappa shape index (κ3) is 4.77. The monoisotopic (exact) mass is 443 g/mol. The van der Waals surface area contributed by atoms with Gasteiger partial charge < -0.3 is 19.2 Å². The standard InChI is InChI=1S/C26H21NO6/c1-16-12-13-22(31-2)19(14-16)27-25(29)24(17-8-4-3-5-9-17)33-26(30)23-15-20(28)18-10-6-7-11-21(18)32-23/h3-15,24H,1-2H3,(H,27,29). The van der Waals surface area contributed by atoms with Crippen molar-refractivity contribution >= 4 is 28.5 Å². The number of amides is 1. The summed E-state index contributed by atoms with van der Waals surface area (Å²) in [6.07, 6.45) is -1.29. The van der Waals surface area contributed by atoms with Crippen LogP contribution in [0.1, 0.15) is 27.8 Å². The molecule has 1 unspecified atom stereocenters. The van der Waals surface area contributed by atoms with Gasteiger partial charge in [-0.25, -0.2) is 4.79 Å². The molecule has 0 aliphatic heterocycles. The number of rotatable bonds is 6. The van der Waals surface area contributed by atoms with Gasteiger partial charge >= 0.3 is 5.97 Å². The van der Waals surface area contributed by atoms with E-state index in [1.807, 2.05) is 13.0 Å². The Hall–Kier alpha value is -4.39. The van der Waals surface area contributed by atoms with Gasteiger partial charge in [-0.05, 0) is 36.8 Å². The lowest BCUT2D eigenvalue weighted by Gasteiger charge is -2.19. The molecule has 7 heteroatoms. The highest BCUT2D eigenvalue weighted by Gasteiger charge is 2.28. The van der Waals surface area contributed by atoms with Gasteiger partial charge in [-0.1, -0.05) is 48.5 Å². The highest BCUT2D eigenvalue weighted by molar-refractivity contribution is 5.98. The van der Waals surface area contributed by atoms with Crippen molar-refractivity contribution in [1.29, 1.82) is 0 Å². The number of hydrogen-bond acceptors (Lipinski definition) is 6. The largest absolute Gasteiger partial charge is 0.495 e. The minimum atomic E-state index is -1.29. The number of ether oxygens (including phenoxy) is 2. The fourth-order valence-corrected chi connectivity index (χ4v) is 3.39. The molecule has 0 fully saturated rings. The van der Waals surface area contributed by atoms with Crippen LogP contribution in [0.2, 0.25) is 0 Å². The van der Waals surface area contributed by atoms with Gasteiger partial charge in [0.15, 0.2) is 5.43 Å². The Morgan fingerprint density at radius 3 is 2.42 bits per heavy atom. The molecule has 1 N–H and O–H groups in total. The van der Waals surface area contributed by atoms with Crippen LogP contribution in [0, 0.1) is 6.92 Å². The lowest BCUT2D eigenvalue weighted by atomic mass is 10.1. The van der Waals surface area contributed by atoms with E-state index in [1.54, 1.807) is 66.7 Å². The number of aryl methyl sites for hydroxylation is 1. The molecule has 0 saturated heterocycles. The molecule has 0 aliphatic rings. The molecule has 3 aromatic carbocycles. The van der Waals surface area contributed by atoms with Crippen LogP contribution in [0.3, 0.4) is 0 Å². The van der Waals surface area contributed by atoms with Gasteiger partial charge in [0.25, 0.3) is 5.91 Å². The Morgan fingerprint density at radius 1 is 0.939 bits per heavy atom. The summed E-state index contributed by atoms with van der Waals surface area (Å²) in [7, 11) is 1.50. The first-order chi connectivity index (χ1) is 16.0. The van der Waals surface area contributed by atoms with Gasteiger partial charge in [0.1, 0.15) is 11.3 Å². The van der Waals surface area contributed by atoms with Gasteiger partial charge in [0.05, 0.1) is 18.2 Å². The van der Waals surface area contributed by atoms with Crippen molar-refractivity contribution in [1.82, 2.24) is 0 Å². The van der Waals surface area contributed by atoms with E-state index in [9.17, 15) is 14.4 Å². The SMILES string of the molecule is COc1ccc(C)cc1NC(=O)C(OC(=O)c1cc(=O)c2ccccc2o1)c1ccccc1. The van der Waals surface area contributed by atoms with Crippen LogP contribution < -0.4 is 15.5 Å². The summed E-state index contributed by atoms with van der Waals surface area (Å²) >= 11 is 0. The summed E-state index contributed by atoms with van der Waals surface area (Å²) in [5.74, 6) is -1.34. The quantitative estimate of drug-likeness (QED) is 0.436. The van der Waals surface area contributed by atoms with Crippen molar-refractivity contribution in [2.24, 2.45) is 0 Å². The number of anilines is 1. The van der Waals surface area contributed by atoms with Gasteiger partial charge in [-0.2, -0.15) is 0 Å². The molecule has 1 amide bonds. The van der Waals surface area contributed by atoms with Crippen LogP contribution in [0.15, 0.2) is 88.1 Å². The molecule has 0 saturated carbocycles. The third-order valence-electron chi connectivity index (χ3n) is 5.01. The summed E-state index contributed by atoms with van der Waals surface area (Å²) in [5, 5.41) is 3.11. The molecular formula is C26H21NO6. The zero-order valence-electron chi connectivity index (χ0n) is 18.0. The van der Waals surface area contributed by atoms with Crippen LogP contribution >= 0.6 is 0 Å². The first kappa shape index (κ1) is 21.8. The Morgan fingerprint density at radius 2 is 1.67 bits per heavy atom. The molecule has 1 heterocycles. The molecule has 0 aliphatic carbocycles. The number of methoxy groups -OCH3 is 1. The molecule has 7 nitrogen and oxygen atoms in total. The summed E-state index contributed by atoms with van der Waals surface area (Å²) in [6.45, 7) is 1.88. The second kappa shape index (κ2) is 9.40. The van der Waals surface area contributed by atoms with E-state index in [-0.39, 0.29) is 16.8 Å². The molecule has 0 spiro atoms. The van der Waals surface area contributed by atoms with E-state index in [0.29, 0.717) is 22.4 Å². The number of carbonyl (C=O) groups excluding carboxylic acids is 2. The third-order valence-corrected chi connectivity index (χ3v) is 5.01. The van der Waals surface area contributed by atoms with E-state index in [1.165, 1.54) is 7.11 Å². The highest BCUT2D eigenvalue weighted by atomic mass is 16.6. The van der Waals surface area contributed by atoms with Gasteiger partial charge in [-0.15, -0.1) is 0 Å². The predicted molar refractivity (Wildman–Crippen MR) is 123 cm³/mol. The Balaban J connectivity index is 1.66. The van der Waals surface area contributed by atoms with Crippen molar-refractivity contribution in [3.05, 3.63) is 106 Å². The Labute approximate surface area is 189 Å². The molecule has 0 bridgehead atoms. The molecular weight excluding hydrogens is 422 g/mol. The predicted octanol–water partition coefficient (Wildman–Crippen LogP) is 4.65. The van der Waals surface area contributed by atoms with Crippen molar-refractivity contribution in [3.8, 4) is 5.75 Å². The Bertz CT molecular complexity index is 1380. The van der Waals surface area contributed by atoms with E-state index in [4.69, 9.17) is 13.9 Å². The van der Waals surface area contributed by atoms with E-state index >= 15 is 0 Å². The van der Waals surface area contributed by atoms with Gasteiger partial charge in [0.2, 0.25) is 11.9 Å². The van der Waals surface area contributed by atoms with Crippen LogP contribution in [0.5, 0.6) is 5.75 Å². The van der Waals surface area contributed by atoms with Crippen LogP contribution in [-0.2, 0) is 9.53 Å². The molecule has 4 rings (SSSR count). The normalized spacial score (nSPS) is 11.6. The molecule has 33 heavy (non-hydrogen) atoms.